The van der Waals surface area contributed by atoms with Gasteiger partial charge in [-0.15, -0.1) is 0 Å². The second-order valence-corrected chi connectivity index (χ2v) is 4.75. The lowest BCUT2D eigenvalue weighted by molar-refractivity contribution is -0.130. The highest BCUT2D eigenvalue weighted by Gasteiger charge is 2.22. The molecule has 0 atom stereocenters. The van der Waals surface area contributed by atoms with Crippen LogP contribution in [0.4, 0.5) is 4.39 Å². The molecule has 2 aromatic carbocycles. The van der Waals surface area contributed by atoms with E-state index in [2.05, 4.69) is 0 Å². The molecule has 0 aliphatic carbocycles. The molecule has 0 N–H and O–H groups in total. The largest absolute Gasteiger partial charge is 0.497 e. The summed E-state index contributed by atoms with van der Waals surface area (Å²) in [5, 5.41) is 0. The van der Waals surface area contributed by atoms with Crippen LogP contribution < -0.4 is 4.74 Å². The van der Waals surface area contributed by atoms with Gasteiger partial charge in [-0.2, -0.15) is 0 Å². The summed E-state index contributed by atoms with van der Waals surface area (Å²) in [5.41, 5.74) is 1.42. The first-order valence-corrected chi connectivity index (χ1v) is 6.72. The van der Waals surface area contributed by atoms with E-state index in [1.165, 1.54) is 12.1 Å². The maximum atomic E-state index is 13.6. The van der Waals surface area contributed by atoms with Crippen molar-refractivity contribution >= 4 is 17.8 Å². The summed E-state index contributed by atoms with van der Waals surface area (Å²) >= 11 is 0. The average molecular weight is 296 g/mol. The Kier molecular flexibility index (Phi) is 3.74. The van der Waals surface area contributed by atoms with Gasteiger partial charge in [0.2, 0.25) is 0 Å². The number of hydrogen-bond donors (Lipinski definition) is 0. The van der Waals surface area contributed by atoms with Crippen molar-refractivity contribution in [3.8, 4) is 5.75 Å². The van der Waals surface area contributed by atoms with Gasteiger partial charge in [0, 0.05) is 11.1 Å². The molecule has 1 aliphatic heterocycles. The molecule has 2 aromatic rings. The van der Waals surface area contributed by atoms with Gasteiger partial charge in [-0.25, -0.2) is 9.18 Å². The lowest BCUT2D eigenvalue weighted by atomic mass is 10.1. The molecule has 0 saturated carbocycles. The molecule has 0 spiro atoms. The van der Waals surface area contributed by atoms with Crippen LogP contribution in [0.3, 0.4) is 0 Å². The summed E-state index contributed by atoms with van der Waals surface area (Å²) in [4.78, 5) is 11.9. The maximum Gasteiger partial charge on any atom is 0.343 e. The summed E-state index contributed by atoms with van der Waals surface area (Å²) < 4.78 is 24.0. The van der Waals surface area contributed by atoms with E-state index in [1.54, 1.807) is 55.7 Å². The van der Waals surface area contributed by atoms with Crippen molar-refractivity contribution in [3.63, 3.8) is 0 Å². The molecular formula is C18H13FO3. The molecule has 0 fully saturated rings. The van der Waals surface area contributed by atoms with Crippen molar-refractivity contribution in [2.75, 3.05) is 7.11 Å². The summed E-state index contributed by atoms with van der Waals surface area (Å²) in [6.07, 6.45) is 3.09. The quantitative estimate of drug-likeness (QED) is 0.638. The predicted octanol–water partition coefficient (Wildman–Crippen LogP) is 3.82. The van der Waals surface area contributed by atoms with Gasteiger partial charge >= 0.3 is 5.97 Å². The highest BCUT2D eigenvalue weighted by Crippen LogP contribution is 2.28. The van der Waals surface area contributed by atoms with Gasteiger partial charge in [0.05, 0.1) is 12.7 Å². The monoisotopic (exact) mass is 296 g/mol. The van der Waals surface area contributed by atoms with Crippen LogP contribution in [0.2, 0.25) is 0 Å². The Labute approximate surface area is 127 Å². The number of esters is 1. The molecule has 1 heterocycles. The molecule has 1 aliphatic rings. The Morgan fingerprint density at radius 3 is 2.50 bits per heavy atom. The van der Waals surface area contributed by atoms with Gasteiger partial charge in [0.15, 0.2) is 0 Å². The van der Waals surface area contributed by atoms with Crippen LogP contribution in [-0.4, -0.2) is 13.1 Å². The standard InChI is InChI=1S/C18H13FO3/c1-21-15-8-6-12(7-9-15)17-11-14(18(20)22-17)10-13-4-2-3-5-16(13)19/h2-11H,1H3. The normalized spacial score (nSPS) is 15.6. The van der Waals surface area contributed by atoms with Gasteiger partial charge in [0.25, 0.3) is 0 Å². The van der Waals surface area contributed by atoms with Gasteiger partial charge in [-0.05, 0) is 42.5 Å². The van der Waals surface area contributed by atoms with Crippen LogP contribution in [0.25, 0.3) is 11.8 Å². The topological polar surface area (TPSA) is 35.5 Å². The number of carbonyl (C=O) groups excluding carboxylic acids is 1. The number of halogens is 1. The zero-order chi connectivity index (χ0) is 15.5. The maximum absolute atomic E-state index is 13.6. The van der Waals surface area contributed by atoms with Gasteiger partial charge < -0.3 is 9.47 Å². The van der Waals surface area contributed by atoms with Crippen LogP contribution in [-0.2, 0) is 9.53 Å². The number of benzene rings is 2. The highest BCUT2D eigenvalue weighted by molar-refractivity contribution is 6.05. The summed E-state index contributed by atoms with van der Waals surface area (Å²) in [5.74, 6) is 0.286. The fourth-order valence-electron chi connectivity index (χ4n) is 2.15. The summed E-state index contributed by atoms with van der Waals surface area (Å²) in [7, 11) is 1.58. The fourth-order valence-corrected chi connectivity index (χ4v) is 2.15. The average Bonchev–Trinajstić information content (AvgIpc) is 2.91. The summed E-state index contributed by atoms with van der Waals surface area (Å²) in [6, 6.07) is 13.4. The molecule has 0 bridgehead atoms. The van der Waals surface area contributed by atoms with E-state index in [0.717, 1.165) is 11.3 Å². The predicted molar refractivity (Wildman–Crippen MR) is 81.4 cm³/mol. The second kappa shape index (κ2) is 5.85. The zero-order valence-corrected chi connectivity index (χ0v) is 11.9. The minimum atomic E-state index is -0.492. The van der Waals surface area contributed by atoms with E-state index in [1.807, 2.05) is 0 Å². The van der Waals surface area contributed by atoms with Gasteiger partial charge in [-0.3, -0.25) is 0 Å². The first kappa shape index (κ1) is 14.1. The molecule has 110 valence electrons. The molecule has 0 aromatic heterocycles. The van der Waals surface area contributed by atoms with Crippen LogP contribution in [0.1, 0.15) is 11.1 Å². The molecule has 3 rings (SSSR count). The fraction of sp³-hybridized carbons (Fsp3) is 0.0556. The smallest absolute Gasteiger partial charge is 0.343 e. The molecule has 4 heteroatoms. The van der Waals surface area contributed by atoms with Crippen molar-refractivity contribution in [2.45, 2.75) is 0 Å². The zero-order valence-electron chi connectivity index (χ0n) is 11.9. The van der Waals surface area contributed by atoms with Crippen LogP contribution in [0.15, 0.2) is 60.2 Å². The molecule has 0 amide bonds. The van der Waals surface area contributed by atoms with Crippen molar-refractivity contribution in [1.82, 2.24) is 0 Å². The molecular weight excluding hydrogens is 283 g/mol. The van der Waals surface area contributed by atoms with Crippen molar-refractivity contribution in [2.24, 2.45) is 0 Å². The Hall–Kier alpha value is -2.88. The first-order chi connectivity index (χ1) is 10.7. The SMILES string of the molecule is COc1ccc(C2=CC(=Cc3ccccc3F)C(=O)O2)cc1. The van der Waals surface area contributed by atoms with Gasteiger partial charge in [0.1, 0.15) is 17.3 Å². The summed E-state index contributed by atoms with van der Waals surface area (Å²) in [6.45, 7) is 0. The van der Waals surface area contributed by atoms with Crippen LogP contribution in [0.5, 0.6) is 5.75 Å². The molecule has 0 radical (unpaired) electrons. The lowest BCUT2D eigenvalue weighted by Crippen LogP contribution is -1.97. The Morgan fingerprint density at radius 2 is 1.82 bits per heavy atom. The molecule has 0 saturated heterocycles. The Morgan fingerprint density at radius 1 is 1.09 bits per heavy atom. The van der Waals surface area contributed by atoms with Crippen LogP contribution >= 0.6 is 0 Å². The number of cyclic esters (lactones) is 1. The van der Waals surface area contributed by atoms with E-state index >= 15 is 0 Å². The van der Waals surface area contributed by atoms with Gasteiger partial charge in [-0.1, -0.05) is 18.2 Å². The van der Waals surface area contributed by atoms with Crippen molar-refractivity contribution < 1.29 is 18.7 Å². The van der Waals surface area contributed by atoms with E-state index in [0.29, 0.717) is 16.9 Å². The minimum absolute atomic E-state index is 0.316. The lowest BCUT2D eigenvalue weighted by Gasteiger charge is -2.03. The number of carbonyl (C=O) groups is 1. The molecule has 0 unspecified atom stereocenters. The number of rotatable bonds is 3. The first-order valence-electron chi connectivity index (χ1n) is 6.72. The highest BCUT2D eigenvalue weighted by atomic mass is 19.1. The van der Waals surface area contributed by atoms with E-state index in [9.17, 15) is 9.18 Å². The number of hydrogen-bond acceptors (Lipinski definition) is 3. The molecule has 3 nitrogen and oxygen atoms in total. The molecule has 22 heavy (non-hydrogen) atoms. The van der Waals surface area contributed by atoms with Crippen molar-refractivity contribution in [3.05, 3.63) is 77.1 Å². The van der Waals surface area contributed by atoms with E-state index < -0.39 is 5.97 Å². The minimum Gasteiger partial charge on any atom is -0.497 e. The van der Waals surface area contributed by atoms with Crippen LogP contribution in [0, 0.1) is 5.82 Å². The van der Waals surface area contributed by atoms with E-state index in [-0.39, 0.29) is 5.82 Å². The number of ether oxygens (including phenoxy) is 2. The second-order valence-electron chi connectivity index (χ2n) is 4.75. The number of methoxy groups -OCH3 is 1. The third-order valence-electron chi connectivity index (χ3n) is 3.32. The van der Waals surface area contributed by atoms with Crippen molar-refractivity contribution in [1.29, 1.82) is 0 Å². The third-order valence-corrected chi connectivity index (χ3v) is 3.32. The Balaban J connectivity index is 1.92. The van der Waals surface area contributed by atoms with E-state index in [4.69, 9.17) is 9.47 Å². The Bertz CT molecular complexity index is 773. The third kappa shape index (κ3) is 2.76.